The van der Waals surface area contributed by atoms with E-state index in [-0.39, 0.29) is 0 Å². The number of aromatic nitrogens is 1. The summed E-state index contributed by atoms with van der Waals surface area (Å²) in [5.41, 5.74) is 2.44. The van der Waals surface area contributed by atoms with Gasteiger partial charge in [0.25, 0.3) is 0 Å². The molecule has 0 fully saturated rings. The van der Waals surface area contributed by atoms with Gasteiger partial charge >= 0.3 is 0 Å². The molecule has 1 aromatic rings. The van der Waals surface area contributed by atoms with E-state index < -0.39 is 0 Å². The molecule has 0 bridgehead atoms. The van der Waals surface area contributed by atoms with Crippen LogP contribution in [0.25, 0.3) is 0 Å². The van der Waals surface area contributed by atoms with Gasteiger partial charge in [0.2, 0.25) is 0 Å². The molecule has 1 unspecified atom stereocenters. The minimum atomic E-state index is 0.434. The molecule has 0 aliphatic heterocycles. The summed E-state index contributed by atoms with van der Waals surface area (Å²) in [7, 11) is 4.17. The number of hydrogen-bond acceptors (Lipinski definition) is 2. The summed E-state index contributed by atoms with van der Waals surface area (Å²) in [5.74, 6) is 0.513. The molecule has 0 aliphatic carbocycles. The van der Waals surface area contributed by atoms with Gasteiger partial charge in [-0.15, -0.1) is 0 Å². The molecule has 0 spiro atoms. The molecule has 14 heavy (non-hydrogen) atoms. The van der Waals surface area contributed by atoms with Gasteiger partial charge in [0.05, 0.1) is 0 Å². The van der Waals surface area contributed by atoms with Crippen LogP contribution >= 0.6 is 0 Å². The van der Waals surface area contributed by atoms with Crippen LogP contribution in [0.4, 0.5) is 0 Å². The Labute approximate surface area is 87.0 Å². The van der Waals surface area contributed by atoms with E-state index in [0.717, 1.165) is 0 Å². The lowest BCUT2D eigenvalue weighted by atomic mass is 10.1. The second kappa shape index (κ2) is 4.56. The summed E-state index contributed by atoms with van der Waals surface area (Å²) >= 11 is 0. The average Bonchev–Trinajstić information content (AvgIpc) is 2.16. The zero-order valence-electron chi connectivity index (χ0n) is 9.78. The molecule has 1 aromatic heterocycles. The Kier molecular flexibility index (Phi) is 3.64. The third-order valence-corrected chi connectivity index (χ3v) is 2.66. The molecule has 1 atom stereocenters. The lowest BCUT2D eigenvalue weighted by Crippen LogP contribution is -2.16. The Morgan fingerprint density at radius 2 is 1.79 bits per heavy atom. The lowest BCUT2D eigenvalue weighted by molar-refractivity contribution is 0.320. The first-order valence-electron chi connectivity index (χ1n) is 5.14. The fourth-order valence-corrected chi connectivity index (χ4v) is 1.30. The summed E-state index contributed by atoms with van der Waals surface area (Å²) in [6.07, 6.45) is 1.99. The van der Waals surface area contributed by atoms with E-state index in [0.29, 0.717) is 12.0 Å². The summed E-state index contributed by atoms with van der Waals surface area (Å²) < 4.78 is 0. The fourth-order valence-electron chi connectivity index (χ4n) is 1.30. The van der Waals surface area contributed by atoms with Gasteiger partial charge in [0, 0.05) is 17.9 Å². The van der Waals surface area contributed by atoms with E-state index in [1.165, 1.54) is 11.3 Å². The van der Waals surface area contributed by atoms with Gasteiger partial charge < -0.3 is 4.90 Å². The van der Waals surface area contributed by atoms with Crippen LogP contribution in [0, 0.1) is 0 Å². The monoisotopic (exact) mass is 192 g/mol. The van der Waals surface area contributed by atoms with E-state index in [1.54, 1.807) is 0 Å². The molecule has 0 saturated carbocycles. The Hall–Kier alpha value is -0.890. The average molecular weight is 192 g/mol. The minimum absolute atomic E-state index is 0.434. The molecular formula is C12H20N2. The van der Waals surface area contributed by atoms with Gasteiger partial charge in [-0.05, 0) is 38.6 Å². The quantitative estimate of drug-likeness (QED) is 0.732. The second-order valence-electron chi connectivity index (χ2n) is 4.31. The maximum Gasteiger partial charge on any atom is 0.0429 e. The van der Waals surface area contributed by atoms with Crippen molar-refractivity contribution in [2.24, 2.45) is 0 Å². The van der Waals surface area contributed by atoms with Crippen molar-refractivity contribution in [2.45, 2.75) is 32.7 Å². The van der Waals surface area contributed by atoms with Crippen molar-refractivity contribution in [3.63, 3.8) is 0 Å². The van der Waals surface area contributed by atoms with Crippen molar-refractivity contribution < 1.29 is 0 Å². The Bertz CT molecular complexity index is 275. The molecule has 2 heteroatoms. The largest absolute Gasteiger partial charge is 0.303 e. The highest BCUT2D eigenvalue weighted by atomic mass is 15.1. The highest BCUT2D eigenvalue weighted by Crippen LogP contribution is 2.18. The SMILES string of the molecule is CC(C)c1ccc(C(C)N(C)C)cn1. The van der Waals surface area contributed by atoms with E-state index in [2.05, 4.69) is 56.9 Å². The first-order chi connectivity index (χ1) is 6.52. The number of pyridine rings is 1. The number of rotatable bonds is 3. The van der Waals surface area contributed by atoms with E-state index >= 15 is 0 Å². The van der Waals surface area contributed by atoms with Crippen molar-refractivity contribution in [1.82, 2.24) is 9.88 Å². The van der Waals surface area contributed by atoms with Gasteiger partial charge in [-0.1, -0.05) is 19.9 Å². The predicted molar refractivity (Wildman–Crippen MR) is 60.4 cm³/mol. The van der Waals surface area contributed by atoms with Crippen molar-refractivity contribution in [1.29, 1.82) is 0 Å². The summed E-state index contributed by atoms with van der Waals surface area (Å²) in [5, 5.41) is 0. The molecule has 2 nitrogen and oxygen atoms in total. The van der Waals surface area contributed by atoms with Crippen LogP contribution < -0.4 is 0 Å². The smallest absolute Gasteiger partial charge is 0.0429 e. The Balaban J connectivity index is 2.83. The molecule has 0 saturated heterocycles. The van der Waals surface area contributed by atoms with Gasteiger partial charge in [0.1, 0.15) is 0 Å². The molecule has 78 valence electrons. The van der Waals surface area contributed by atoms with E-state index in [4.69, 9.17) is 0 Å². The number of nitrogens with zero attached hydrogens (tertiary/aromatic N) is 2. The van der Waals surface area contributed by atoms with E-state index in [1.807, 2.05) is 6.20 Å². The van der Waals surface area contributed by atoms with Crippen molar-refractivity contribution >= 4 is 0 Å². The van der Waals surface area contributed by atoms with Crippen LogP contribution in [0.3, 0.4) is 0 Å². The maximum absolute atomic E-state index is 4.46. The highest BCUT2D eigenvalue weighted by molar-refractivity contribution is 5.18. The fraction of sp³-hybridized carbons (Fsp3) is 0.583. The standard InChI is InChI=1S/C12H20N2/c1-9(2)12-7-6-11(8-13-12)10(3)14(4)5/h6-10H,1-5H3. The zero-order valence-corrected chi connectivity index (χ0v) is 9.78. The molecular weight excluding hydrogens is 172 g/mol. The van der Waals surface area contributed by atoms with Gasteiger partial charge in [-0.3, -0.25) is 4.98 Å². The predicted octanol–water partition coefficient (Wildman–Crippen LogP) is 2.83. The third kappa shape index (κ3) is 2.55. The van der Waals surface area contributed by atoms with Gasteiger partial charge in [-0.25, -0.2) is 0 Å². The zero-order chi connectivity index (χ0) is 10.7. The molecule has 0 aliphatic rings. The van der Waals surface area contributed by atoms with Crippen molar-refractivity contribution in [3.05, 3.63) is 29.6 Å². The minimum Gasteiger partial charge on any atom is -0.303 e. The van der Waals surface area contributed by atoms with Crippen LogP contribution in [0.1, 0.15) is 44.0 Å². The molecule has 0 aromatic carbocycles. The van der Waals surface area contributed by atoms with Gasteiger partial charge in [0.15, 0.2) is 0 Å². The first kappa shape index (κ1) is 11.2. The van der Waals surface area contributed by atoms with Gasteiger partial charge in [-0.2, -0.15) is 0 Å². The third-order valence-electron chi connectivity index (χ3n) is 2.66. The summed E-state index contributed by atoms with van der Waals surface area (Å²) in [4.78, 5) is 6.64. The second-order valence-corrected chi connectivity index (χ2v) is 4.31. The van der Waals surface area contributed by atoms with Crippen LogP contribution in [-0.4, -0.2) is 24.0 Å². The van der Waals surface area contributed by atoms with E-state index in [9.17, 15) is 0 Å². The molecule has 1 rings (SSSR count). The topological polar surface area (TPSA) is 16.1 Å². The summed E-state index contributed by atoms with van der Waals surface area (Å²) in [6.45, 7) is 6.51. The molecule has 1 heterocycles. The lowest BCUT2D eigenvalue weighted by Gasteiger charge is -2.20. The Morgan fingerprint density at radius 1 is 1.14 bits per heavy atom. The van der Waals surface area contributed by atoms with Crippen LogP contribution in [0.15, 0.2) is 18.3 Å². The molecule has 0 N–H and O–H groups in total. The maximum atomic E-state index is 4.46. The Morgan fingerprint density at radius 3 is 2.14 bits per heavy atom. The van der Waals surface area contributed by atoms with Crippen LogP contribution in [0.5, 0.6) is 0 Å². The highest BCUT2D eigenvalue weighted by Gasteiger charge is 2.08. The number of hydrogen-bond donors (Lipinski definition) is 0. The molecule has 0 radical (unpaired) electrons. The van der Waals surface area contributed by atoms with Crippen molar-refractivity contribution in [2.75, 3.05) is 14.1 Å². The van der Waals surface area contributed by atoms with Crippen LogP contribution in [-0.2, 0) is 0 Å². The first-order valence-corrected chi connectivity index (χ1v) is 5.14. The van der Waals surface area contributed by atoms with Crippen LogP contribution in [0.2, 0.25) is 0 Å². The summed E-state index contributed by atoms with van der Waals surface area (Å²) in [6, 6.07) is 4.73. The van der Waals surface area contributed by atoms with Crippen molar-refractivity contribution in [3.8, 4) is 0 Å². The normalized spacial score (nSPS) is 13.6. The molecule has 0 amide bonds.